The number of anilines is 2. The topological polar surface area (TPSA) is 140 Å². The van der Waals surface area contributed by atoms with E-state index in [9.17, 15) is 18.0 Å². The number of amides is 1. The lowest BCUT2D eigenvalue weighted by Crippen LogP contribution is -2.21. The molecule has 0 fully saturated rings. The maximum Gasteiger partial charge on any atom is 0.490 e. The van der Waals surface area contributed by atoms with Gasteiger partial charge in [0.25, 0.3) is 0 Å². The van der Waals surface area contributed by atoms with E-state index in [0.717, 1.165) is 17.1 Å². The first kappa shape index (κ1) is 23.3. The molecule has 3 aromatic heterocycles. The second-order valence-corrected chi connectivity index (χ2v) is 6.09. The average molecular weight is 440 g/mol. The molecule has 0 spiro atoms. The minimum Gasteiger partial charge on any atom is -0.475 e. The second-order valence-electron chi connectivity index (χ2n) is 6.09. The maximum atomic E-state index is 12.1. The molecule has 0 saturated carbocycles. The van der Waals surface area contributed by atoms with Crippen LogP contribution >= 0.6 is 0 Å². The fourth-order valence-corrected chi connectivity index (χ4v) is 2.26. The standard InChI is InChI=1S/C15H18N8O.C2HF3O2/c1-10-6-13(22(3)21-10)20-14(24)9-23-8-11(7-18-23)15-17-5-4-12(16-2)19-15;3-2(4,5)1(6)7/h4-8H,9H2,1-3H3,(H,20,24)(H,16,17,19);(H,6,7). The number of hydrogen-bond donors (Lipinski definition) is 3. The third-order valence-corrected chi connectivity index (χ3v) is 3.62. The molecule has 3 aromatic rings. The minimum atomic E-state index is -5.08. The molecule has 0 bridgehead atoms. The predicted octanol–water partition coefficient (Wildman–Crippen LogP) is 1.70. The van der Waals surface area contributed by atoms with Gasteiger partial charge < -0.3 is 15.7 Å². The van der Waals surface area contributed by atoms with Crippen LogP contribution in [0.4, 0.5) is 24.8 Å². The number of carboxylic acid groups (broad SMARTS) is 1. The molecule has 0 aliphatic heterocycles. The molecule has 1 amide bonds. The van der Waals surface area contributed by atoms with Crippen LogP contribution in [0.5, 0.6) is 0 Å². The van der Waals surface area contributed by atoms with Crippen LogP contribution in [0.2, 0.25) is 0 Å². The summed E-state index contributed by atoms with van der Waals surface area (Å²) in [4.78, 5) is 29.6. The molecule has 0 radical (unpaired) electrons. The van der Waals surface area contributed by atoms with Crippen LogP contribution in [0.3, 0.4) is 0 Å². The summed E-state index contributed by atoms with van der Waals surface area (Å²) in [5, 5.41) is 21.3. The second kappa shape index (κ2) is 9.69. The van der Waals surface area contributed by atoms with Crippen LogP contribution in [-0.4, -0.2) is 59.7 Å². The zero-order chi connectivity index (χ0) is 23.2. The van der Waals surface area contributed by atoms with Crippen molar-refractivity contribution < 1.29 is 27.9 Å². The van der Waals surface area contributed by atoms with Gasteiger partial charge in [0.2, 0.25) is 5.91 Å². The first-order valence-electron chi connectivity index (χ1n) is 8.64. The number of nitrogens with one attached hydrogen (secondary N) is 2. The van der Waals surface area contributed by atoms with Gasteiger partial charge in [-0.2, -0.15) is 23.4 Å². The zero-order valence-corrected chi connectivity index (χ0v) is 16.7. The number of rotatable bonds is 5. The summed E-state index contributed by atoms with van der Waals surface area (Å²) >= 11 is 0. The highest BCUT2D eigenvalue weighted by molar-refractivity contribution is 5.89. The van der Waals surface area contributed by atoms with Gasteiger partial charge in [0, 0.05) is 32.6 Å². The van der Waals surface area contributed by atoms with Crippen molar-refractivity contribution in [2.75, 3.05) is 17.7 Å². The number of aliphatic carboxylic acids is 1. The molecular formula is C17H19F3N8O3. The number of alkyl halides is 3. The Hall–Kier alpha value is -3.97. The lowest BCUT2D eigenvalue weighted by atomic mass is 10.3. The Labute approximate surface area is 173 Å². The largest absolute Gasteiger partial charge is 0.490 e. The van der Waals surface area contributed by atoms with E-state index in [-0.39, 0.29) is 12.5 Å². The van der Waals surface area contributed by atoms with Crippen molar-refractivity contribution in [1.82, 2.24) is 29.5 Å². The van der Waals surface area contributed by atoms with Gasteiger partial charge in [-0.25, -0.2) is 14.8 Å². The molecule has 3 rings (SSSR count). The van der Waals surface area contributed by atoms with Gasteiger partial charge in [-0.1, -0.05) is 0 Å². The van der Waals surface area contributed by atoms with Gasteiger partial charge in [-0.15, -0.1) is 0 Å². The Kier molecular flexibility index (Phi) is 7.28. The van der Waals surface area contributed by atoms with Crippen molar-refractivity contribution in [3.05, 3.63) is 36.4 Å². The third-order valence-electron chi connectivity index (χ3n) is 3.62. The Balaban J connectivity index is 0.000000423. The Morgan fingerprint density at radius 2 is 1.97 bits per heavy atom. The first-order chi connectivity index (χ1) is 14.5. The van der Waals surface area contributed by atoms with E-state index in [2.05, 4.69) is 30.8 Å². The third kappa shape index (κ3) is 6.80. The van der Waals surface area contributed by atoms with Crippen molar-refractivity contribution in [2.24, 2.45) is 7.05 Å². The summed E-state index contributed by atoms with van der Waals surface area (Å²) in [5.41, 5.74) is 1.59. The molecule has 3 heterocycles. The Bertz CT molecular complexity index is 1060. The molecule has 0 unspecified atom stereocenters. The minimum absolute atomic E-state index is 0.0932. The van der Waals surface area contributed by atoms with Crippen LogP contribution < -0.4 is 10.6 Å². The van der Waals surface area contributed by atoms with Crippen molar-refractivity contribution in [3.63, 3.8) is 0 Å². The predicted molar refractivity (Wildman–Crippen MR) is 103 cm³/mol. The lowest BCUT2D eigenvalue weighted by Gasteiger charge is -2.05. The highest BCUT2D eigenvalue weighted by Crippen LogP contribution is 2.15. The van der Waals surface area contributed by atoms with Gasteiger partial charge in [0.15, 0.2) is 5.82 Å². The summed E-state index contributed by atoms with van der Waals surface area (Å²) in [6.45, 7) is 1.96. The smallest absolute Gasteiger partial charge is 0.475 e. The SMILES string of the molecule is CNc1ccnc(-c2cnn(CC(=O)Nc3cc(C)nn3C)c2)n1.O=C(O)C(F)(F)F. The van der Waals surface area contributed by atoms with E-state index in [1.165, 1.54) is 0 Å². The van der Waals surface area contributed by atoms with Crippen LogP contribution in [0, 0.1) is 6.92 Å². The number of nitrogens with zero attached hydrogens (tertiary/aromatic N) is 6. The van der Waals surface area contributed by atoms with E-state index < -0.39 is 12.1 Å². The molecule has 14 heteroatoms. The monoisotopic (exact) mass is 440 g/mol. The number of aromatic nitrogens is 6. The highest BCUT2D eigenvalue weighted by atomic mass is 19.4. The van der Waals surface area contributed by atoms with Gasteiger partial charge in [-0.05, 0) is 13.0 Å². The molecule has 0 aliphatic rings. The first-order valence-corrected chi connectivity index (χ1v) is 8.64. The van der Waals surface area contributed by atoms with E-state index in [4.69, 9.17) is 9.90 Å². The summed E-state index contributed by atoms with van der Waals surface area (Å²) in [5.74, 6) is -1.02. The fourth-order valence-electron chi connectivity index (χ4n) is 2.26. The van der Waals surface area contributed by atoms with E-state index in [1.807, 2.05) is 13.0 Å². The highest BCUT2D eigenvalue weighted by Gasteiger charge is 2.38. The molecule has 166 valence electrons. The maximum absolute atomic E-state index is 12.1. The van der Waals surface area contributed by atoms with Gasteiger partial charge in [0.1, 0.15) is 18.2 Å². The molecule has 0 saturated heterocycles. The van der Waals surface area contributed by atoms with Crippen molar-refractivity contribution >= 4 is 23.5 Å². The number of carbonyl (C=O) groups is 2. The van der Waals surface area contributed by atoms with Gasteiger partial charge in [-0.3, -0.25) is 14.2 Å². The normalized spacial score (nSPS) is 10.8. The molecule has 0 aromatic carbocycles. The van der Waals surface area contributed by atoms with Gasteiger partial charge >= 0.3 is 12.1 Å². The van der Waals surface area contributed by atoms with E-state index in [0.29, 0.717) is 11.6 Å². The average Bonchev–Trinajstić information content (AvgIpc) is 3.27. The van der Waals surface area contributed by atoms with Crippen LogP contribution in [0.25, 0.3) is 11.4 Å². The molecular weight excluding hydrogens is 421 g/mol. The molecule has 3 N–H and O–H groups in total. The number of carboxylic acids is 1. The van der Waals surface area contributed by atoms with E-state index >= 15 is 0 Å². The molecule has 31 heavy (non-hydrogen) atoms. The molecule has 11 nitrogen and oxygen atoms in total. The summed E-state index contributed by atoms with van der Waals surface area (Å²) < 4.78 is 34.9. The van der Waals surface area contributed by atoms with Crippen molar-refractivity contribution in [2.45, 2.75) is 19.6 Å². The van der Waals surface area contributed by atoms with Crippen LogP contribution in [-0.2, 0) is 23.2 Å². The quantitative estimate of drug-likeness (QED) is 0.545. The summed E-state index contributed by atoms with van der Waals surface area (Å²) in [6, 6.07) is 3.58. The van der Waals surface area contributed by atoms with Crippen LogP contribution in [0.1, 0.15) is 5.69 Å². The summed E-state index contributed by atoms with van der Waals surface area (Å²) in [6.07, 6.45) is -0.0396. The Morgan fingerprint density at radius 3 is 2.52 bits per heavy atom. The number of aryl methyl sites for hydroxylation is 2. The van der Waals surface area contributed by atoms with Gasteiger partial charge in [0.05, 0.1) is 17.5 Å². The number of carbonyl (C=O) groups excluding carboxylic acids is 1. The number of halogens is 3. The van der Waals surface area contributed by atoms with Crippen molar-refractivity contribution in [3.8, 4) is 11.4 Å². The number of hydrogen-bond acceptors (Lipinski definition) is 7. The molecule has 0 aliphatic carbocycles. The Morgan fingerprint density at radius 1 is 1.29 bits per heavy atom. The van der Waals surface area contributed by atoms with Crippen molar-refractivity contribution in [1.29, 1.82) is 0 Å². The summed E-state index contributed by atoms with van der Waals surface area (Å²) in [7, 11) is 3.57. The zero-order valence-electron chi connectivity index (χ0n) is 16.7. The molecule has 0 atom stereocenters. The fraction of sp³-hybridized carbons (Fsp3) is 0.294. The van der Waals surface area contributed by atoms with E-state index in [1.54, 1.807) is 48.1 Å². The van der Waals surface area contributed by atoms with Crippen LogP contribution in [0.15, 0.2) is 30.7 Å². The lowest BCUT2D eigenvalue weighted by molar-refractivity contribution is -0.192.